The van der Waals surface area contributed by atoms with E-state index >= 15 is 0 Å². The Hall–Kier alpha value is -1.88. The van der Waals surface area contributed by atoms with Gasteiger partial charge in [-0.2, -0.15) is 0 Å². The molecule has 0 saturated carbocycles. The van der Waals surface area contributed by atoms with Gasteiger partial charge in [0.2, 0.25) is 5.91 Å². The second-order valence-corrected chi connectivity index (χ2v) is 5.98. The number of rotatable bonds is 12. The van der Waals surface area contributed by atoms with Gasteiger partial charge in [-0.05, 0) is 38.5 Å². The van der Waals surface area contributed by atoms with Crippen molar-refractivity contribution in [2.45, 2.75) is 40.0 Å². The molecule has 0 fully saturated rings. The molecule has 5 heteroatoms. The Morgan fingerprint density at radius 2 is 1.64 bits per heavy atom. The van der Waals surface area contributed by atoms with Crippen molar-refractivity contribution in [2.75, 3.05) is 39.3 Å². The molecule has 0 unspecified atom stereocenters. The summed E-state index contributed by atoms with van der Waals surface area (Å²) in [7, 11) is 0. The number of carbonyl (C=O) groups is 2. The molecular weight excluding hydrogens is 316 g/mol. The summed E-state index contributed by atoms with van der Waals surface area (Å²) in [5.41, 5.74) is 0.998. The van der Waals surface area contributed by atoms with E-state index < -0.39 is 0 Å². The molecule has 0 saturated heterocycles. The van der Waals surface area contributed by atoms with Crippen molar-refractivity contribution in [1.82, 2.24) is 9.80 Å². The van der Waals surface area contributed by atoms with Gasteiger partial charge in [-0.1, -0.05) is 44.2 Å². The first-order chi connectivity index (χ1) is 12.1. The Bertz CT molecular complexity index is 501. The van der Waals surface area contributed by atoms with Crippen molar-refractivity contribution in [3.8, 4) is 0 Å². The van der Waals surface area contributed by atoms with Crippen molar-refractivity contribution in [3.05, 3.63) is 35.9 Å². The van der Waals surface area contributed by atoms with E-state index in [0.717, 1.165) is 31.6 Å². The largest absolute Gasteiger partial charge is 0.466 e. The zero-order valence-corrected chi connectivity index (χ0v) is 15.9. The molecule has 0 heterocycles. The van der Waals surface area contributed by atoms with Crippen LogP contribution in [0.5, 0.6) is 0 Å². The summed E-state index contributed by atoms with van der Waals surface area (Å²) in [4.78, 5) is 28.4. The second kappa shape index (κ2) is 12.5. The van der Waals surface area contributed by atoms with Gasteiger partial charge in [-0.3, -0.25) is 9.59 Å². The lowest BCUT2D eigenvalue weighted by molar-refractivity contribution is -0.144. The first-order valence-corrected chi connectivity index (χ1v) is 9.30. The highest BCUT2D eigenvalue weighted by molar-refractivity contribution is 5.79. The quantitative estimate of drug-likeness (QED) is 0.545. The summed E-state index contributed by atoms with van der Waals surface area (Å²) < 4.78 is 4.98. The lowest BCUT2D eigenvalue weighted by Crippen LogP contribution is -2.37. The molecule has 0 aliphatic rings. The van der Waals surface area contributed by atoms with Gasteiger partial charge in [-0.15, -0.1) is 0 Å². The molecule has 1 aromatic carbocycles. The molecule has 25 heavy (non-hydrogen) atoms. The van der Waals surface area contributed by atoms with Crippen molar-refractivity contribution >= 4 is 11.9 Å². The van der Waals surface area contributed by atoms with Crippen LogP contribution in [0.3, 0.4) is 0 Å². The number of esters is 1. The maximum atomic E-state index is 12.7. The minimum atomic E-state index is -0.247. The third kappa shape index (κ3) is 8.68. The van der Waals surface area contributed by atoms with E-state index in [-0.39, 0.29) is 18.3 Å². The lowest BCUT2D eigenvalue weighted by atomic mass is 10.1. The lowest BCUT2D eigenvalue weighted by Gasteiger charge is -2.25. The topological polar surface area (TPSA) is 49.9 Å². The number of hydrogen-bond acceptors (Lipinski definition) is 4. The standard InChI is InChI=1S/C20H32N2O3/c1-4-21(5-2)14-10-15-22(16-13-20(24)25-6-3)19(23)17-18-11-8-7-9-12-18/h7-9,11-12H,4-6,10,13-17H2,1-3H3. The maximum absolute atomic E-state index is 12.7. The summed E-state index contributed by atoms with van der Waals surface area (Å²) in [5, 5.41) is 0. The Labute approximate surface area is 151 Å². The van der Waals surface area contributed by atoms with Crippen LogP contribution in [0.4, 0.5) is 0 Å². The molecule has 0 bridgehead atoms. The van der Waals surface area contributed by atoms with Crippen LogP contribution in [0.15, 0.2) is 30.3 Å². The predicted octanol–water partition coefficient (Wildman–Crippen LogP) is 2.74. The van der Waals surface area contributed by atoms with Crippen LogP contribution < -0.4 is 0 Å². The van der Waals surface area contributed by atoms with E-state index in [9.17, 15) is 9.59 Å². The van der Waals surface area contributed by atoms with E-state index in [1.165, 1.54) is 0 Å². The number of hydrogen-bond donors (Lipinski definition) is 0. The normalized spacial score (nSPS) is 10.7. The zero-order chi connectivity index (χ0) is 18.5. The molecule has 140 valence electrons. The smallest absolute Gasteiger partial charge is 0.307 e. The molecule has 0 aliphatic heterocycles. The first-order valence-electron chi connectivity index (χ1n) is 9.30. The highest BCUT2D eigenvalue weighted by Crippen LogP contribution is 2.06. The first kappa shape index (κ1) is 21.2. The molecule has 0 aliphatic carbocycles. The molecule has 0 N–H and O–H groups in total. The van der Waals surface area contributed by atoms with Gasteiger partial charge in [0, 0.05) is 13.1 Å². The van der Waals surface area contributed by atoms with Crippen molar-refractivity contribution in [2.24, 2.45) is 0 Å². The molecule has 0 radical (unpaired) electrons. The van der Waals surface area contributed by atoms with Crippen LogP contribution in [0, 0.1) is 0 Å². The summed E-state index contributed by atoms with van der Waals surface area (Å²) in [6, 6.07) is 9.73. The molecule has 0 spiro atoms. The summed E-state index contributed by atoms with van der Waals surface area (Å²) in [6.07, 6.45) is 1.53. The average molecular weight is 348 g/mol. The van der Waals surface area contributed by atoms with Gasteiger partial charge in [-0.25, -0.2) is 0 Å². The van der Waals surface area contributed by atoms with Gasteiger partial charge >= 0.3 is 5.97 Å². The van der Waals surface area contributed by atoms with Gasteiger partial charge < -0.3 is 14.5 Å². The fourth-order valence-electron chi connectivity index (χ4n) is 2.73. The Balaban J connectivity index is 2.59. The van der Waals surface area contributed by atoms with Crippen LogP contribution in [0.2, 0.25) is 0 Å². The van der Waals surface area contributed by atoms with Gasteiger partial charge in [0.25, 0.3) is 0 Å². The molecule has 1 rings (SSSR count). The summed E-state index contributed by atoms with van der Waals surface area (Å²) >= 11 is 0. The van der Waals surface area contributed by atoms with Gasteiger partial charge in [0.1, 0.15) is 0 Å². The van der Waals surface area contributed by atoms with Crippen LogP contribution >= 0.6 is 0 Å². The molecule has 1 amide bonds. The Morgan fingerprint density at radius 3 is 2.24 bits per heavy atom. The van der Waals surface area contributed by atoms with Crippen molar-refractivity contribution < 1.29 is 14.3 Å². The van der Waals surface area contributed by atoms with Gasteiger partial charge in [0.15, 0.2) is 0 Å². The fraction of sp³-hybridized carbons (Fsp3) is 0.600. The fourth-order valence-corrected chi connectivity index (χ4v) is 2.73. The molecule has 1 aromatic rings. The van der Waals surface area contributed by atoms with E-state index in [2.05, 4.69) is 18.7 Å². The summed E-state index contributed by atoms with van der Waals surface area (Å²) in [5.74, 6) is -0.182. The minimum absolute atomic E-state index is 0.0649. The highest BCUT2D eigenvalue weighted by Gasteiger charge is 2.16. The SMILES string of the molecule is CCOC(=O)CCN(CCCN(CC)CC)C(=O)Cc1ccccc1. The zero-order valence-electron chi connectivity index (χ0n) is 15.9. The third-order valence-electron chi connectivity index (χ3n) is 4.24. The molecule has 0 atom stereocenters. The van der Waals surface area contributed by atoms with Crippen molar-refractivity contribution in [3.63, 3.8) is 0 Å². The van der Waals surface area contributed by atoms with E-state index in [1.807, 2.05) is 30.3 Å². The second-order valence-electron chi connectivity index (χ2n) is 5.98. The highest BCUT2D eigenvalue weighted by atomic mass is 16.5. The van der Waals surface area contributed by atoms with Crippen LogP contribution in [-0.2, 0) is 20.7 Å². The van der Waals surface area contributed by atoms with Crippen LogP contribution in [0.25, 0.3) is 0 Å². The molecule has 5 nitrogen and oxygen atoms in total. The van der Waals surface area contributed by atoms with Crippen LogP contribution in [-0.4, -0.2) is 61.0 Å². The molecule has 0 aromatic heterocycles. The minimum Gasteiger partial charge on any atom is -0.466 e. The van der Waals surface area contributed by atoms with Gasteiger partial charge in [0.05, 0.1) is 19.4 Å². The number of amides is 1. The molecular formula is C20H32N2O3. The summed E-state index contributed by atoms with van der Waals surface area (Å²) in [6.45, 7) is 10.5. The predicted molar refractivity (Wildman–Crippen MR) is 100 cm³/mol. The Kier molecular flexibility index (Phi) is 10.6. The van der Waals surface area contributed by atoms with E-state index in [1.54, 1.807) is 11.8 Å². The van der Waals surface area contributed by atoms with Crippen LogP contribution in [0.1, 0.15) is 39.2 Å². The monoisotopic (exact) mass is 348 g/mol. The third-order valence-corrected chi connectivity index (χ3v) is 4.24. The Morgan fingerprint density at radius 1 is 0.960 bits per heavy atom. The number of carbonyl (C=O) groups excluding carboxylic acids is 2. The van der Waals surface area contributed by atoms with E-state index in [4.69, 9.17) is 4.74 Å². The number of ether oxygens (including phenoxy) is 1. The number of nitrogens with zero attached hydrogens (tertiary/aromatic N) is 2. The van der Waals surface area contributed by atoms with Crippen molar-refractivity contribution in [1.29, 1.82) is 0 Å². The number of benzene rings is 1. The average Bonchev–Trinajstić information content (AvgIpc) is 2.62. The maximum Gasteiger partial charge on any atom is 0.307 e. The van der Waals surface area contributed by atoms with E-state index in [0.29, 0.717) is 26.1 Å².